The number of rotatable bonds is 9. The van der Waals surface area contributed by atoms with Crippen LogP contribution in [0.3, 0.4) is 0 Å². The minimum atomic E-state index is -0.176. The molecule has 176 valence electrons. The summed E-state index contributed by atoms with van der Waals surface area (Å²) in [5.74, 6) is 0.926. The van der Waals surface area contributed by atoms with E-state index in [2.05, 4.69) is 16.0 Å². The second kappa shape index (κ2) is 10.4. The van der Waals surface area contributed by atoms with Gasteiger partial charge in [-0.3, -0.25) is 9.59 Å². The van der Waals surface area contributed by atoms with Crippen molar-refractivity contribution in [3.8, 4) is 11.5 Å². The number of hydrogen-bond acceptors (Lipinski definition) is 6. The Morgan fingerprint density at radius 1 is 1.12 bits per heavy atom. The van der Waals surface area contributed by atoms with Crippen molar-refractivity contribution in [3.63, 3.8) is 0 Å². The predicted octanol–water partition coefficient (Wildman–Crippen LogP) is 3.85. The Morgan fingerprint density at radius 3 is 2.30 bits per heavy atom. The normalized spacial score (nSPS) is 14.8. The molecule has 8 nitrogen and oxygen atoms in total. The number of allylic oxidation sites excluding steroid dienone is 1. The molecule has 0 radical (unpaired) electrons. The van der Waals surface area contributed by atoms with Gasteiger partial charge in [0.15, 0.2) is 11.5 Å². The Kier molecular flexibility index (Phi) is 7.60. The van der Waals surface area contributed by atoms with E-state index < -0.39 is 0 Å². The number of fused-ring (bicyclic) bond motifs is 1. The van der Waals surface area contributed by atoms with Gasteiger partial charge in [0.05, 0.1) is 25.5 Å². The minimum absolute atomic E-state index is 0.0159. The van der Waals surface area contributed by atoms with Crippen molar-refractivity contribution in [1.82, 2.24) is 5.32 Å². The van der Waals surface area contributed by atoms with E-state index >= 15 is 0 Å². The lowest BCUT2D eigenvalue weighted by molar-refractivity contribution is -0.116. The maximum atomic E-state index is 12.8. The third-order valence-corrected chi connectivity index (χ3v) is 5.73. The quantitative estimate of drug-likeness (QED) is 0.501. The molecule has 2 aromatic rings. The van der Waals surface area contributed by atoms with E-state index in [-0.39, 0.29) is 17.9 Å². The van der Waals surface area contributed by atoms with Crippen molar-refractivity contribution < 1.29 is 19.1 Å². The summed E-state index contributed by atoms with van der Waals surface area (Å²) in [5.41, 5.74) is 4.47. The van der Waals surface area contributed by atoms with E-state index in [9.17, 15) is 9.59 Å². The number of nitrogens with zero attached hydrogens (tertiary/aromatic N) is 1. The topological polar surface area (TPSA) is 91.9 Å². The lowest BCUT2D eigenvalue weighted by Gasteiger charge is -2.25. The Hall–Kier alpha value is -3.52. The first-order valence-corrected chi connectivity index (χ1v) is 11.0. The van der Waals surface area contributed by atoms with Gasteiger partial charge in [0.1, 0.15) is 0 Å². The van der Waals surface area contributed by atoms with Crippen LogP contribution in [-0.2, 0) is 9.59 Å². The van der Waals surface area contributed by atoms with E-state index in [0.29, 0.717) is 35.7 Å². The van der Waals surface area contributed by atoms with Gasteiger partial charge in [-0.1, -0.05) is 6.92 Å². The van der Waals surface area contributed by atoms with Crippen molar-refractivity contribution in [2.75, 3.05) is 43.3 Å². The fourth-order valence-electron chi connectivity index (χ4n) is 3.80. The zero-order valence-corrected chi connectivity index (χ0v) is 20.0. The lowest BCUT2D eigenvalue weighted by atomic mass is 10.0. The van der Waals surface area contributed by atoms with Crippen LogP contribution < -0.4 is 30.3 Å². The summed E-state index contributed by atoms with van der Waals surface area (Å²) in [6.45, 7) is 6.16. The summed E-state index contributed by atoms with van der Waals surface area (Å²) in [7, 11) is 5.01. The first kappa shape index (κ1) is 24.1. The standard InChI is InChI=1S/C25H32N4O4/c1-7-20(24-19-12-22(32-5)23(33-6)13-21(19)28-25(24)31)27-17-8-10-18(11-9-17)29(16(3)30)14-15(2)26-4/h8-13,15,26-27H,7,14H2,1-6H3,(H,28,31)/b24-20-. The number of amides is 2. The van der Waals surface area contributed by atoms with Gasteiger partial charge in [-0.2, -0.15) is 0 Å². The number of hydrogen-bond donors (Lipinski definition) is 3. The van der Waals surface area contributed by atoms with Gasteiger partial charge in [0.25, 0.3) is 5.91 Å². The van der Waals surface area contributed by atoms with Crippen LogP contribution in [0.5, 0.6) is 11.5 Å². The molecule has 1 aliphatic heterocycles. The summed E-state index contributed by atoms with van der Waals surface area (Å²) in [5, 5.41) is 9.46. The summed E-state index contributed by atoms with van der Waals surface area (Å²) >= 11 is 0. The fourth-order valence-corrected chi connectivity index (χ4v) is 3.80. The number of ether oxygens (including phenoxy) is 2. The number of benzene rings is 2. The van der Waals surface area contributed by atoms with E-state index in [0.717, 1.165) is 22.6 Å². The molecule has 0 fully saturated rings. The zero-order valence-electron chi connectivity index (χ0n) is 20.0. The monoisotopic (exact) mass is 452 g/mol. The highest BCUT2D eigenvalue weighted by Gasteiger charge is 2.29. The molecule has 0 aliphatic carbocycles. The smallest absolute Gasteiger partial charge is 0.258 e. The number of nitrogens with one attached hydrogen (secondary N) is 3. The maximum absolute atomic E-state index is 12.8. The van der Waals surface area contributed by atoms with Crippen LogP contribution in [0.4, 0.5) is 17.1 Å². The molecular weight excluding hydrogens is 420 g/mol. The van der Waals surface area contributed by atoms with E-state index in [1.165, 1.54) is 0 Å². The van der Waals surface area contributed by atoms with Gasteiger partial charge in [-0.15, -0.1) is 0 Å². The highest BCUT2D eigenvalue weighted by atomic mass is 16.5. The molecule has 1 atom stereocenters. The van der Waals surface area contributed by atoms with Crippen molar-refractivity contribution in [3.05, 3.63) is 47.7 Å². The molecule has 0 saturated carbocycles. The van der Waals surface area contributed by atoms with E-state index in [1.807, 2.05) is 51.2 Å². The van der Waals surface area contributed by atoms with Gasteiger partial charge in [0.2, 0.25) is 5.91 Å². The highest BCUT2D eigenvalue weighted by molar-refractivity contribution is 6.32. The molecule has 0 aromatic heterocycles. The zero-order chi connectivity index (χ0) is 24.1. The summed E-state index contributed by atoms with van der Waals surface area (Å²) in [6.07, 6.45) is 0.623. The van der Waals surface area contributed by atoms with Gasteiger partial charge >= 0.3 is 0 Å². The van der Waals surface area contributed by atoms with Crippen LogP contribution in [0.25, 0.3) is 5.57 Å². The molecule has 3 N–H and O–H groups in total. The molecule has 0 saturated heterocycles. The van der Waals surface area contributed by atoms with E-state index in [4.69, 9.17) is 9.47 Å². The second-order valence-corrected chi connectivity index (χ2v) is 7.91. The highest BCUT2D eigenvalue weighted by Crippen LogP contribution is 2.42. The Labute approximate surface area is 194 Å². The van der Waals surface area contributed by atoms with Gasteiger partial charge < -0.3 is 30.3 Å². The molecule has 0 bridgehead atoms. The van der Waals surface area contributed by atoms with E-state index in [1.54, 1.807) is 32.1 Å². The Bertz CT molecular complexity index is 1060. The first-order chi connectivity index (χ1) is 15.8. The molecule has 1 unspecified atom stereocenters. The number of likely N-dealkylation sites (N-methyl/N-ethyl adjacent to an activating group) is 1. The average Bonchev–Trinajstić information content (AvgIpc) is 3.14. The number of anilines is 3. The largest absolute Gasteiger partial charge is 0.493 e. The van der Waals surface area contributed by atoms with Crippen molar-refractivity contribution in [2.45, 2.75) is 33.2 Å². The Morgan fingerprint density at radius 2 is 1.76 bits per heavy atom. The third kappa shape index (κ3) is 5.12. The summed E-state index contributed by atoms with van der Waals surface area (Å²) in [6, 6.07) is 11.4. The lowest BCUT2D eigenvalue weighted by Crippen LogP contribution is -2.40. The second-order valence-electron chi connectivity index (χ2n) is 7.91. The number of carbonyl (C=O) groups excluding carboxylic acids is 2. The average molecular weight is 453 g/mol. The van der Waals surface area contributed by atoms with Crippen molar-refractivity contribution in [1.29, 1.82) is 0 Å². The molecule has 33 heavy (non-hydrogen) atoms. The summed E-state index contributed by atoms with van der Waals surface area (Å²) < 4.78 is 10.8. The van der Waals surface area contributed by atoms with Crippen molar-refractivity contribution in [2.24, 2.45) is 0 Å². The Balaban J connectivity index is 1.91. The molecular formula is C25H32N4O4. The van der Waals surface area contributed by atoms with Gasteiger partial charge in [-0.05, 0) is 50.7 Å². The third-order valence-electron chi connectivity index (χ3n) is 5.73. The van der Waals surface area contributed by atoms with Crippen LogP contribution in [0.2, 0.25) is 0 Å². The predicted molar refractivity (Wildman–Crippen MR) is 132 cm³/mol. The van der Waals surface area contributed by atoms with Gasteiger partial charge in [-0.25, -0.2) is 0 Å². The molecule has 2 amide bonds. The minimum Gasteiger partial charge on any atom is -0.493 e. The number of carbonyl (C=O) groups is 2. The molecule has 2 aromatic carbocycles. The van der Waals surface area contributed by atoms with Crippen LogP contribution in [0, 0.1) is 0 Å². The van der Waals surface area contributed by atoms with Crippen LogP contribution in [-0.4, -0.2) is 45.7 Å². The molecule has 1 heterocycles. The van der Waals surface area contributed by atoms with Crippen molar-refractivity contribution >= 4 is 34.4 Å². The molecule has 1 aliphatic rings. The van der Waals surface area contributed by atoms with Gasteiger partial charge in [0, 0.05) is 48.2 Å². The summed E-state index contributed by atoms with van der Waals surface area (Å²) in [4.78, 5) is 26.7. The fraction of sp³-hybridized carbons (Fsp3) is 0.360. The molecule has 0 spiro atoms. The molecule has 3 rings (SSSR count). The van der Waals surface area contributed by atoms with Crippen LogP contribution in [0.15, 0.2) is 42.1 Å². The maximum Gasteiger partial charge on any atom is 0.258 e. The first-order valence-electron chi connectivity index (χ1n) is 11.0. The van der Waals surface area contributed by atoms with Crippen LogP contribution in [0.1, 0.15) is 32.8 Å². The van der Waals surface area contributed by atoms with Crippen LogP contribution >= 0.6 is 0 Å². The number of methoxy groups -OCH3 is 2. The molecule has 8 heteroatoms. The SMILES string of the molecule is CC/C(Nc1ccc(N(CC(C)NC)C(C)=O)cc1)=C1/C(=O)Nc2cc(OC)c(OC)cc21.